The van der Waals surface area contributed by atoms with Gasteiger partial charge in [0.15, 0.2) is 5.69 Å². The van der Waals surface area contributed by atoms with Crippen LogP contribution >= 0.6 is 0 Å². The fourth-order valence-electron chi connectivity index (χ4n) is 2.20. The molecule has 1 aromatic rings. The van der Waals surface area contributed by atoms with Crippen molar-refractivity contribution >= 4 is 11.9 Å². The van der Waals surface area contributed by atoms with E-state index >= 15 is 0 Å². The predicted molar refractivity (Wildman–Crippen MR) is 62.4 cm³/mol. The number of carbonyl (C=O) groups is 2. The number of piperidine rings is 1. The van der Waals surface area contributed by atoms with Gasteiger partial charge in [-0.2, -0.15) is 0 Å². The molecule has 1 aromatic heterocycles. The summed E-state index contributed by atoms with van der Waals surface area (Å²) >= 11 is 0. The lowest BCUT2D eigenvalue weighted by atomic mass is 9.95. The Morgan fingerprint density at radius 2 is 2.17 bits per heavy atom. The average Bonchev–Trinajstić information content (AvgIpc) is 2.81. The van der Waals surface area contributed by atoms with Crippen LogP contribution in [0.15, 0.2) is 10.6 Å². The van der Waals surface area contributed by atoms with Crippen LogP contribution in [0.4, 0.5) is 0 Å². The largest absolute Gasteiger partial charge is 0.475 e. The van der Waals surface area contributed by atoms with Gasteiger partial charge in [-0.1, -0.05) is 12.1 Å². The molecule has 0 saturated carbocycles. The van der Waals surface area contributed by atoms with E-state index in [2.05, 4.69) is 16.6 Å². The number of likely N-dealkylation sites (tertiary alicyclic amines) is 1. The molecular weight excluding hydrogens is 236 g/mol. The van der Waals surface area contributed by atoms with Gasteiger partial charge in [0.2, 0.25) is 5.76 Å². The highest BCUT2D eigenvalue weighted by Gasteiger charge is 2.29. The maximum Gasteiger partial charge on any atom is 0.374 e. The SMILES string of the molecule is CC1CCC(C)N(C(=O)c2cc(C(=O)O)on2)C1. The molecule has 1 fully saturated rings. The van der Waals surface area contributed by atoms with E-state index in [0.29, 0.717) is 12.5 Å². The van der Waals surface area contributed by atoms with Crippen molar-refractivity contribution in [3.05, 3.63) is 17.5 Å². The molecule has 2 heterocycles. The molecule has 1 aliphatic rings. The van der Waals surface area contributed by atoms with E-state index in [0.717, 1.165) is 12.8 Å². The first-order chi connectivity index (χ1) is 8.49. The summed E-state index contributed by atoms with van der Waals surface area (Å²) in [5, 5.41) is 12.3. The van der Waals surface area contributed by atoms with Crippen molar-refractivity contribution in [3.8, 4) is 0 Å². The Balaban J connectivity index is 2.16. The summed E-state index contributed by atoms with van der Waals surface area (Å²) in [7, 11) is 0. The molecule has 1 saturated heterocycles. The minimum absolute atomic E-state index is 0.0633. The van der Waals surface area contributed by atoms with Crippen molar-refractivity contribution in [1.82, 2.24) is 10.1 Å². The van der Waals surface area contributed by atoms with Gasteiger partial charge in [-0.15, -0.1) is 0 Å². The molecule has 98 valence electrons. The number of aromatic carboxylic acids is 1. The van der Waals surface area contributed by atoms with E-state index in [1.807, 2.05) is 6.92 Å². The molecule has 1 N–H and O–H groups in total. The Bertz CT molecular complexity index is 468. The zero-order valence-electron chi connectivity index (χ0n) is 10.4. The zero-order valence-corrected chi connectivity index (χ0v) is 10.4. The average molecular weight is 252 g/mol. The second-order valence-corrected chi connectivity index (χ2v) is 4.87. The van der Waals surface area contributed by atoms with E-state index < -0.39 is 5.97 Å². The van der Waals surface area contributed by atoms with Crippen molar-refractivity contribution < 1.29 is 19.2 Å². The van der Waals surface area contributed by atoms with E-state index in [9.17, 15) is 9.59 Å². The molecule has 1 aliphatic heterocycles. The van der Waals surface area contributed by atoms with Crippen LogP contribution < -0.4 is 0 Å². The fraction of sp³-hybridized carbons (Fsp3) is 0.583. The molecular formula is C12H16N2O4. The van der Waals surface area contributed by atoms with Gasteiger partial charge in [-0.25, -0.2) is 4.79 Å². The number of aromatic nitrogens is 1. The summed E-state index contributed by atoms with van der Waals surface area (Å²) in [6, 6.07) is 1.33. The first kappa shape index (κ1) is 12.6. The quantitative estimate of drug-likeness (QED) is 0.864. The summed E-state index contributed by atoms with van der Waals surface area (Å²) < 4.78 is 4.60. The van der Waals surface area contributed by atoms with Crippen LogP contribution in [0.3, 0.4) is 0 Å². The van der Waals surface area contributed by atoms with E-state index in [-0.39, 0.29) is 23.4 Å². The number of carboxylic acids is 1. The zero-order chi connectivity index (χ0) is 13.3. The molecule has 0 radical (unpaired) electrons. The molecule has 0 spiro atoms. The van der Waals surface area contributed by atoms with Gasteiger partial charge in [0.05, 0.1) is 0 Å². The second-order valence-electron chi connectivity index (χ2n) is 4.87. The van der Waals surface area contributed by atoms with E-state index in [1.165, 1.54) is 6.07 Å². The normalized spacial score (nSPS) is 24.0. The van der Waals surface area contributed by atoms with Crippen molar-refractivity contribution in [3.63, 3.8) is 0 Å². The molecule has 6 heteroatoms. The van der Waals surface area contributed by atoms with Crippen LogP contribution in [0, 0.1) is 5.92 Å². The summed E-state index contributed by atoms with van der Waals surface area (Å²) in [4.78, 5) is 24.6. The molecule has 2 atom stereocenters. The van der Waals surface area contributed by atoms with Crippen LogP contribution in [-0.2, 0) is 0 Å². The molecule has 1 amide bonds. The molecule has 2 rings (SSSR count). The summed E-state index contributed by atoms with van der Waals surface area (Å²) in [6.45, 7) is 4.76. The first-order valence-electron chi connectivity index (χ1n) is 6.00. The maximum atomic E-state index is 12.2. The fourth-order valence-corrected chi connectivity index (χ4v) is 2.20. The van der Waals surface area contributed by atoms with Crippen molar-refractivity contribution in [2.24, 2.45) is 5.92 Å². The highest BCUT2D eigenvalue weighted by Crippen LogP contribution is 2.23. The Morgan fingerprint density at radius 1 is 1.44 bits per heavy atom. The van der Waals surface area contributed by atoms with Crippen LogP contribution in [-0.4, -0.2) is 39.6 Å². The lowest BCUT2D eigenvalue weighted by Crippen LogP contribution is -2.45. The van der Waals surface area contributed by atoms with E-state index in [1.54, 1.807) is 4.90 Å². The highest BCUT2D eigenvalue weighted by atomic mass is 16.5. The Kier molecular flexibility index (Phi) is 3.36. The molecule has 18 heavy (non-hydrogen) atoms. The number of carboxylic acid groups (broad SMARTS) is 1. The number of hydrogen-bond acceptors (Lipinski definition) is 4. The lowest BCUT2D eigenvalue weighted by molar-refractivity contribution is 0.0560. The molecule has 0 aromatic carbocycles. The van der Waals surface area contributed by atoms with Gasteiger partial charge in [-0.05, 0) is 25.7 Å². The van der Waals surface area contributed by atoms with Crippen molar-refractivity contribution in [2.45, 2.75) is 32.7 Å². The Hall–Kier alpha value is -1.85. The van der Waals surface area contributed by atoms with Crippen LogP contribution in [0.25, 0.3) is 0 Å². The number of rotatable bonds is 2. The molecule has 0 bridgehead atoms. The minimum Gasteiger partial charge on any atom is -0.475 e. The Labute approximate surface area is 105 Å². The van der Waals surface area contributed by atoms with E-state index in [4.69, 9.17) is 5.11 Å². The highest BCUT2D eigenvalue weighted by molar-refractivity contribution is 5.95. The third-order valence-electron chi connectivity index (χ3n) is 3.32. The standard InChI is InChI=1S/C12H16N2O4/c1-7-3-4-8(2)14(6-7)11(15)9-5-10(12(16)17)18-13-9/h5,7-8H,3-4,6H2,1-2H3,(H,16,17). The third kappa shape index (κ3) is 2.37. The minimum atomic E-state index is -1.22. The summed E-state index contributed by atoms with van der Waals surface area (Å²) in [6.07, 6.45) is 2.06. The van der Waals surface area contributed by atoms with Crippen molar-refractivity contribution in [1.29, 1.82) is 0 Å². The van der Waals surface area contributed by atoms with Crippen LogP contribution in [0.1, 0.15) is 47.7 Å². The monoisotopic (exact) mass is 252 g/mol. The van der Waals surface area contributed by atoms with Gasteiger partial charge >= 0.3 is 5.97 Å². The predicted octanol–water partition coefficient (Wildman–Crippen LogP) is 1.63. The maximum absolute atomic E-state index is 12.2. The number of hydrogen-bond donors (Lipinski definition) is 1. The number of nitrogens with zero attached hydrogens (tertiary/aromatic N) is 2. The molecule has 6 nitrogen and oxygen atoms in total. The summed E-state index contributed by atoms with van der Waals surface area (Å²) in [5.74, 6) is -1.33. The lowest BCUT2D eigenvalue weighted by Gasteiger charge is -2.36. The summed E-state index contributed by atoms with van der Waals surface area (Å²) in [5.41, 5.74) is 0.0633. The first-order valence-corrected chi connectivity index (χ1v) is 6.00. The van der Waals surface area contributed by atoms with Crippen LogP contribution in [0.5, 0.6) is 0 Å². The third-order valence-corrected chi connectivity index (χ3v) is 3.32. The van der Waals surface area contributed by atoms with Gasteiger partial charge in [0.1, 0.15) is 0 Å². The molecule has 2 unspecified atom stereocenters. The number of carbonyl (C=O) groups excluding carboxylic acids is 1. The second kappa shape index (κ2) is 4.80. The Morgan fingerprint density at radius 3 is 2.78 bits per heavy atom. The van der Waals surface area contributed by atoms with Gasteiger partial charge in [0, 0.05) is 18.7 Å². The van der Waals surface area contributed by atoms with Crippen LogP contribution in [0.2, 0.25) is 0 Å². The van der Waals surface area contributed by atoms with Gasteiger partial charge < -0.3 is 14.5 Å². The van der Waals surface area contributed by atoms with Crippen molar-refractivity contribution in [2.75, 3.05) is 6.54 Å². The van der Waals surface area contributed by atoms with Gasteiger partial charge in [-0.3, -0.25) is 4.79 Å². The molecule has 0 aliphatic carbocycles. The topological polar surface area (TPSA) is 83.6 Å². The number of amides is 1. The van der Waals surface area contributed by atoms with Gasteiger partial charge in [0.25, 0.3) is 5.91 Å². The smallest absolute Gasteiger partial charge is 0.374 e.